The number of hydrogen-bond acceptors (Lipinski definition) is 5. The van der Waals surface area contributed by atoms with Gasteiger partial charge < -0.3 is 5.32 Å². The maximum absolute atomic E-state index is 12.3. The van der Waals surface area contributed by atoms with Crippen LogP contribution < -0.4 is 16.2 Å². The Kier molecular flexibility index (Phi) is 4.47. The number of nitrogens with zero attached hydrogens (tertiary/aromatic N) is 1. The van der Waals surface area contributed by atoms with Gasteiger partial charge in [-0.1, -0.05) is 24.3 Å². The number of amides is 3. The number of aromatic nitrogens is 1. The van der Waals surface area contributed by atoms with Gasteiger partial charge in [0.25, 0.3) is 11.8 Å². The number of benzene rings is 2. The first-order valence-corrected chi connectivity index (χ1v) is 9.12. The van der Waals surface area contributed by atoms with Crippen LogP contribution in [0.1, 0.15) is 20.8 Å². The average molecular weight is 378 g/mol. The standard InChI is InChI=1S/C19H14N4O3S/c24-17-10-27-16-8-6-12(9-15(16)21-17)18(25)22-23-19(26)14-7-5-11-3-1-2-4-13(11)20-14/h1-9H,10H2,(H,21,24)(H,22,25)(H,23,26). The monoisotopic (exact) mass is 378 g/mol. The molecule has 3 amide bonds. The van der Waals surface area contributed by atoms with Gasteiger partial charge in [0.1, 0.15) is 5.69 Å². The van der Waals surface area contributed by atoms with Gasteiger partial charge >= 0.3 is 0 Å². The number of thioether (sulfide) groups is 1. The van der Waals surface area contributed by atoms with Crippen molar-refractivity contribution in [2.24, 2.45) is 0 Å². The molecule has 4 rings (SSSR count). The summed E-state index contributed by atoms with van der Waals surface area (Å²) in [6.07, 6.45) is 0. The molecular formula is C19H14N4O3S. The van der Waals surface area contributed by atoms with E-state index in [-0.39, 0.29) is 11.6 Å². The first-order valence-electron chi connectivity index (χ1n) is 8.13. The zero-order valence-electron chi connectivity index (χ0n) is 14.0. The van der Waals surface area contributed by atoms with E-state index in [4.69, 9.17) is 0 Å². The molecule has 1 aliphatic rings. The number of carbonyl (C=O) groups is 3. The minimum atomic E-state index is -0.518. The van der Waals surface area contributed by atoms with Crippen molar-refractivity contribution < 1.29 is 14.4 Å². The zero-order chi connectivity index (χ0) is 18.8. The number of pyridine rings is 1. The lowest BCUT2D eigenvalue weighted by atomic mass is 10.2. The van der Waals surface area contributed by atoms with Crippen LogP contribution in [0.25, 0.3) is 10.9 Å². The van der Waals surface area contributed by atoms with Crippen LogP contribution in [-0.2, 0) is 4.79 Å². The van der Waals surface area contributed by atoms with Crippen LogP contribution in [0.3, 0.4) is 0 Å². The highest BCUT2D eigenvalue weighted by atomic mass is 32.2. The Morgan fingerprint density at radius 2 is 1.81 bits per heavy atom. The summed E-state index contributed by atoms with van der Waals surface area (Å²) in [5.41, 5.74) is 6.53. The van der Waals surface area contributed by atoms with Crippen molar-refractivity contribution in [1.82, 2.24) is 15.8 Å². The number of hydrazine groups is 1. The molecule has 0 atom stereocenters. The van der Waals surface area contributed by atoms with E-state index in [0.29, 0.717) is 22.5 Å². The molecule has 0 spiro atoms. The summed E-state index contributed by atoms with van der Waals surface area (Å²) in [5.74, 6) is -0.763. The van der Waals surface area contributed by atoms with Gasteiger partial charge in [0, 0.05) is 15.8 Å². The van der Waals surface area contributed by atoms with E-state index in [1.165, 1.54) is 11.8 Å². The second kappa shape index (κ2) is 7.08. The fraction of sp³-hybridized carbons (Fsp3) is 0.0526. The van der Waals surface area contributed by atoms with Crippen LogP contribution in [0, 0.1) is 0 Å². The summed E-state index contributed by atoms with van der Waals surface area (Å²) < 4.78 is 0. The maximum Gasteiger partial charge on any atom is 0.288 e. The highest BCUT2D eigenvalue weighted by Crippen LogP contribution is 2.31. The topological polar surface area (TPSA) is 100 Å². The minimum absolute atomic E-state index is 0.110. The van der Waals surface area contributed by atoms with E-state index in [0.717, 1.165) is 10.3 Å². The second-order valence-electron chi connectivity index (χ2n) is 5.85. The Labute approximate surface area is 158 Å². The molecule has 2 heterocycles. The molecule has 0 aliphatic carbocycles. The first kappa shape index (κ1) is 17.0. The fourth-order valence-corrected chi connectivity index (χ4v) is 3.46. The molecule has 7 nitrogen and oxygen atoms in total. The van der Waals surface area contributed by atoms with Gasteiger partial charge in [0.2, 0.25) is 5.91 Å². The molecule has 134 valence electrons. The first-order chi connectivity index (χ1) is 13.1. The third-order valence-electron chi connectivity index (χ3n) is 4.00. The molecule has 0 saturated heterocycles. The molecule has 1 aliphatic heterocycles. The summed E-state index contributed by atoms with van der Waals surface area (Å²) in [5, 5.41) is 3.65. The van der Waals surface area contributed by atoms with E-state index in [1.807, 2.05) is 24.3 Å². The number of fused-ring (bicyclic) bond motifs is 2. The Morgan fingerprint density at radius 1 is 1.00 bits per heavy atom. The Hall–Kier alpha value is -3.39. The summed E-state index contributed by atoms with van der Waals surface area (Å²) in [6.45, 7) is 0. The normalized spacial score (nSPS) is 12.8. The molecule has 0 bridgehead atoms. The molecule has 0 fully saturated rings. The van der Waals surface area contributed by atoms with Crippen LogP contribution in [0.4, 0.5) is 5.69 Å². The third kappa shape index (κ3) is 3.61. The van der Waals surface area contributed by atoms with E-state index in [9.17, 15) is 14.4 Å². The van der Waals surface area contributed by atoms with Crippen molar-refractivity contribution >= 4 is 46.1 Å². The molecule has 2 aromatic carbocycles. The molecule has 0 radical (unpaired) electrons. The molecule has 3 N–H and O–H groups in total. The van der Waals surface area contributed by atoms with Gasteiger partial charge in [-0.15, -0.1) is 11.8 Å². The van der Waals surface area contributed by atoms with Crippen LogP contribution in [0.5, 0.6) is 0 Å². The molecule has 0 saturated carbocycles. The average Bonchev–Trinajstić information content (AvgIpc) is 2.70. The largest absolute Gasteiger partial charge is 0.324 e. The number of rotatable bonds is 2. The maximum atomic E-state index is 12.3. The van der Waals surface area contributed by atoms with Gasteiger partial charge in [-0.3, -0.25) is 25.2 Å². The van der Waals surface area contributed by atoms with E-state index < -0.39 is 11.8 Å². The van der Waals surface area contributed by atoms with Crippen molar-refractivity contribution in [1.29, 1.82) is 0 Å². The lowest BCUT2D eigenvalue weighted by Crippen LogP contribution is -2.42. The van der Waals surface area contributed by atoms with E-state index >= 15 is 0 Å². The fourth-order valence-electron chi connectivity index (χ4n) is 2.67. The van der Waals surface area contributed by atoms with Gasteiger partial charge in [0.15, 0.2) is 0 Å². The highest BCUT2D eigenvalue weighted by Gasteiger charge is 2.18. The smallest absolute Gasteiger partial charge is 0.288 e. The van der Waals surface area contributed by atoms with Crippen LogP contribution in [0.15, 0.2) is 59.5 Å². The minimum Gasteiger partial charge on any atom is -0.324 e. The van der Waals surface area contributed by atoms with Gasteiger partial charge in [0.05, 0.1) is 17.0 Å². The second-order valence-corrected chi connectivity index (χ2v) is 6.86. The molecule has 3 aromatic rings. The lowest BCUT2D eigenvalue weighted by Gasteiger charge is -2.17. The molecular weight excluding hydrogens is 364 g/mol. The Balaban J connectivity index is 1.44. The van der Waals surface area contributed by atoms with Crippen molar-refractivity contribution in [2.75, 3.05) is 11.1 Å². The zero-order valence-corrected chi connectivity index (χ0v) is 14.8. The Bertz CT molecular complexity index is 1080. The van der Waals surface area contributed by atoms with Crippen LogP contribution in [-0.4, -0.2) is 28.5 Å². The number of anilines is 1. The molecule has 1 aromatic heterocycles. The van der Waals surface area contributed by atoms with E-state index in [1.54, 1.807) is 30.3 Å². The Morgan fingerprint density at radius 3 is 2.70 bits per heavy atom. The number of carbonyl (C=O) groups excluding carboxylic acids is 3. The summed E-state index contributed by atoms with van der Waals surface area (Å²) in [4.78, 5) is 41.2. The number of hydrogen-bond donors (Lipinski definition) is 3. The summed E-state index contributed by atoms with van der Waals surface area (Å²) in [6, 6.07) is 15.8. The van der Waals surface area contributed by atoms with Crippen molar-refractivity contribution in [2.45, 2.75) is 4.90 Å². The highest BCUT2D eigenvalue weighted by molar-refractivity contribution is 8.00. The van der Waals surface area contributed by atoms with Gasteiger partial charge in [-0.25, -0.2) is 4.98 Å². The summed E-state index contributed by atoms with van der Waals surface area (Å²) in [7, 11) is 0. The number of nitrogens with one attached hydrogen (secondary N) is 3. The molecule has 8 heteroatoms. The van der Waals surface area contributed by atoms with Crippen LogP contribution in [0.2, 0.25) is 0 Å². The third-order valence-corrected chi connectivity index (χ3v) is 5.07. The van der Waals surface area contributed by atoms with E-state index in [2.05, 4.69) is 21.2 Å². The van der Waals surface area contributed by atoms with Crippen molar-refractivity contribution in [3.8, 4) is 0 Å². The SMILES string of the molecule is O=C1CSc2ccc(C(=O)NNC(=O)c3ccc4ccccc4n3)cc2N1. The van der Waals surface area contributed by atoms with Gasteiger partial charge in [-0.05, 0) is 30.3 Å². The lowest BCUT2D eigenvalue weighted by molar-refractivity contribution is -0.113. The van der Waals surface area contributed by atoms with Crippen LogP contribution >= 0.6 is 11.8 Å². The number of para-hydroxylation sites is 1. The molecule has 27 heavy (non-hydrogen) atoms. The molecule has 0 unspecified atom stereocenters. The van der Waals surface area contributed by atoms with Gasteiger partial charge in [-0.2, -0.15) is 0 Å². The quantitative estimate of drug-likeness (QED) is 0.595. The van der Waals surface area contributed by atoms with Crippen molar-refractivity contribution in [3.63, 3.8) is 0 Å². The predicted octanol–water partition coefficient (Wildman–Crippen LogP) is 2.35. The summed E-state index contributed by atoms with van der Waals surface area (Å²) >= 11 is 1.41. The van der Waals surface area contributed by atoms with Crippen molar-refractivity contribution in [3.05, 3.63) is 65.9 Å². The predicted molar refractivity (Wildman–Crippen MR) is 102 cm³/mol.